The van der Waals surface area contributed by atoms with Crippen LogP contribution >= 0.6 is 0 Å². The summed E-state index contributed by atoms with van der Waals surface area (Å²) >= 11 is 1.06. The first-order valence-corrected chi connectivity index (χ1v) is 25.5. The molecule has 0 saturated carbocycles. The van der Waals surface area contributed by atoms with Gasteiger partial charge in [-0.15, -0.1) is 0 Å². The Bertz CT molecular complexity index is 3860. The molecule has 66 heavy (non-hydrogen) atoms. The van der Waals surface area contributed by atoms with Crippen LogP contribution < -0.4 is 9.97 Å². The molecule has 0 atom stereocenters. The molecule has 8 bridgehead atoms. The summed E-state index contributed by atoms with van der Waals surface area (Å²) < 4.78 is 120. The number of aromatic nitrogens is 8. The SMILES string of the molecule is CN(C)S(=O)(=O)c1ccc2c(c1)-c1nc-2nc2[n-]c(nc3nc(nc4[n-]c(n1)c1ccc(S(=O)(=O)N(C)C)cc41)-c1cc(S(=O)(=O)N(C)C)ccc1-3)c1cc(S(=O)(=O)N(C)C)ccc21.[O]=[V+2]. The molecule has 5 heterocycles. The average Bonchev–Trinajstić information content (AvgIpc) is 4.01. The second-order valence-electron chi connectivity index (χ2n) is 15.5. The van der Waals surface area contributed by atoms with E-state index in [0.717, 1.165) is 34.6 Å². The van der Waals surface area contributed by atoms with Crippen molar-refractivity contribution in [3.63, 3.8) is 0 Å². The van der Waals surface area contributed by atoms with Crippen molar-refractivity contribution in [1.29, 1.82) is 0 Å². The molecule has 2 aliphatic heterocycles. The van der Waals surface area contributed by atoms with Gasteiger partial charge in [0.1, 0.15) is 0 Å². The third-order valence-electron chi connectivity index (χ3n) is 10.7. The molecular formula is C40H36N12O9S4V. The van der Waals surface area contributed by atoms with Crippen LogP contribution in [0.1, 0.15) is 0 Å². The summed E-state index contributed by atoms with van der Waals surface area (Å²) in [5.41, 5.74) is 1.32. The summed E-state index contributed by atoms with van der Waals surface area (Å²) in [5.74, 6) is 0.0784. The first kappa shape index (κ1) is 46.8. The summed E-state index contributed by atoms with van der Waals surface area (Å²) in [6.45, 7) is 0. The Morgan fingerprint density at radius 2 is 0.606 bits per heavy atom. The summed E-state index contributed by atoms with van der Waals surface area (Å²) in [5, 5.41) is 1.24. The Balaban J connectivity index is 0.00000292. The summed E-state index contributed by atoms with van der Waals surface area (Å²) in [6, 6.07) is 17.4. The quantitative estimate of drug-likeness (QED) is 0.212. The maximum absolute atomic E-state index is 13.4. The predicted molar refractivity (Wildman–Crippen MR) is 238 cm³/mol. The van der Waals surface area contributed by atoms with Gasteiger partial charge in [0.2, 0.25) is 40.1 Å². The Labute approximate surface area is 388 Å². The van der Waals surface area contributed by atoms with Crippen molar-refractivity contribution >= 4 is 84.2 Å². The third-order valence-corrected chi connectivity index (χ3v) is 17.9. The third kappa shape index (κ3) is 7.63. The summed E-state index contributed by atoms with van der Waals surface area (Å²) in [6.07, 6.45) is 0. The topological polar surface area (TPSA) is 272 Å². The van der Waals surface area contributed by atoms with Crippen molar-refractivity contribution in [2.75, 3.05) is 56.4 Å². The van der Waals surface area contributed by atoms with Crippen molar-refractivity contribution in [3.8, 4) is 45.6 Å². The molecule has 0 amide bonds. The molecule has 0 N–H and O–H groups in total. The molecule has 0 fully saturated rings. The van der Waals surface area contributed by atoms with E-state index < -0.39 is 40.1 Å². The molecule has 4 aromatic carbocycles. The van der Waals surface area contributed by atoms with E-state index in [-0.39, 0.29) is 87.4 Å². The zero-order valence-corrected chi connectivity index (χ0v) is 40.7. The maximum atomic E-state index is 13.4. The van der Waals surface area contributed by atoms with Gasteiger partial charge in [-0.1, -0.05) is 24.3 Å². The number of rotatable bonds is 8. The number of benzene rings is 4. The van der Waals surface area contributed by atoms with Crippen LogP contribution in [0.3, 0.4) is 0 Å². The molecular weight excluding hydrogens is 972 g/mol. The first-order chi connectivity index (χ1) is 31.0. The zero-order valence-electron chi connectivity index (χ0n) is 36.0. The van der Waals surface area contributed by atoms with Crippen molar-refractivity contribution in [2.45, 2.75) is 19.6 Å². The summed E-state index contributed by atoms with van der Waals surface area (Å²) in [4.78, 5) is 38.1. The van der Waals surface area contributed by atoms with Crippen LogP contribution in [0.2, 0.25) is 0 Å². The van der Waals surface area contributed by atoms with Gasteiger partial charge < -0.3 is 29.9 Å². The number of fused-ring (bicyclic) bond motifs is 20. The van der Waals surface area contributed by atoms with Gasteiger partial charge in [0.05, 0.1) is 42.9 Å². The van der Waals surface area contributed by atoms with Crippen LogP contribution in [0.15, 0.2) is 92.4 Å². The molecule has 339 valence electrons. The fourth-order valence-electron chi connectivity index (χ4n) is 7.06. The molecule has 0 saturated heterocycles. The monoisotopic (exact) mass is 1010 g/mol. The Kier molecular flexibility index (Phi) is 11.7. The molecule has 21 nitrogen and oxygen atoms in total. The zero-order chi connectivity index (χ0) is 48.0. The number of nitrogens with zero attached hydrogens (tertiary/aromatic N) is 12. The molecule has 0 unspecified atom stereocenters. The first-order valence-electron chi connectivity index (χ1n) is 19.2. The molecule has 7 aromatic rings. The molecule has 3 aromatic heterocycles. The van der Waals surface area contributed by atoms with Crippen molar-refractivity contribution in [1.82, 2.24) is 57.1 Å². The van der Waals surface area contributed by atoms with E-state index in [1.165, 1.54) is 117 Å². The molecule has 2 aliphatic rings. The van der Waals surface area contributed by atoms with E-state index in [0.29, 0.717) is 21.9 Å². The van der Waals surface area contributed by atoms with Gasteiger partial charge >= 0.3 is 21.0 Å². The van der Waals surface area contributed by atoms with E-state index in [2.05, 4.69) is 0 Å². The Morgan fingerprint density at radius 3 is 0.909 bits per heavy atom. The normalized spacial score (nSPS) is 13.1. The van der Waals surface area contributed by atoms with Gasteiger partial charge in [-0.25, -0.2) is 60.9 Å². The minimum atomic E-state index is -3.98. The van der Waals surface area contributed by atoms with Crippen LogP contribution in [0, 0.1) is 0 Å². The fourth-order valence-corrected chi connectivity index (χ4v) is 10.8. The predicted octanol–water partition coefficient (Wildman–Crippen LogP) is 3.01. The van der Waals surface area contributed by atoms with Crippen molar-refractivity contribution in [2.24, 2.45) is 0 Å². The number of sulfonamides is 4. The summed E-state index contributed by atoms with van der Waals surface area (Å²) in [7, 11) is -4.71. The van der Waals surface area contributed by atoms with E-state index >= 15 is 0 Å². The average molecular weight is 1010 g/mol. The number of hydrogen-bond donors (Lipinski definition) is 0. The molecule has 26 heteroatoms. The van der Waals surface area contributed by atoms with Crippen LogP contribution in [-0.2, 0) is 61.1 Å². The van der Waals surface area contributed by atoms with Crippen LogP contribution in [-0.4, -0.2) is 137 Å². The van der Waals surface area contributed by atoms with Gasteiger partial charge in [-0.05, 0) is 70.1 Å². The van der Waals surface area contributed by atoms with Gasteiger partial charge in [0.15, 0.2) is 0 Å². The molecule has 0 aliphatic carbocycles. The molecule has 9 rings (SSSR count). The van der Waals surface area contributed by atoms with E-state index in [1.54, 1.807) is 12.1 Å². The number of hydrogen-bond acceptors (Lipinski definition) is 15. The molecule has 0 radical (unpaired) electrons. The van der Waals surface area contributed by atoms with Gasteiger partial charge in [0, 0.05) is 101 Å². The van der Waals surface area contributed by atoms with Gasteiger partial charge in [-0.3, -0.25) is 0 Å². The van der Waals surface area contributed by atoms with Crippen molar-refractivity contribution < 1.29 is 54.7 Å². The van der Waals surface area contributed by atoms with Crippen molar-refractivity contribution in [3.05, 3.63) is 72.8 Å². The standard InChI is InChI=1S/C40H36N12O8S4.O.V/c1-49(2)61(53,54)21-9-13-25-29(17-21)37-42-33(25)41-34-26-14-10-22(62(55,56)50(3)4)18-30(26)38(43-34)45-36-28-16-12-24(64(59,60)52(7)8)20-32(28)40(47-36)48-39-31-19-23(63(57,58)51(5)6)11-15-27(31)35(44-37)46-39;;/h9-20H,1-8H3;;/q-2;;+2. The minimum absolute atomic E-state index is 0.00503. The second kappa shape index (κ2) is 16.5. The van der Waals surface area contributed by atoms with E-state index in [4.69, 9.17) is 43.5 Å². The van der Waals surface area contributed by atoms with E-state index in [1.807, 2.05) is 0 Å². The van der Waals surface area contributed by atoms with Gasteiger partial charge in [-0.2, -0.15) is 0 Å². The van der Waals surface area contributed by atoms with E-state index in [9.17, 15) is 33.7 Å². The van der Waals surface area contributed by atoms with Crippen LogP contribution in [0.25, 0.3) is 89.7 Å². The Morgan fingerprint density at radius 1 is 0.348 bits per heavy atom. The van der Waals surface area contributed by atoms with Crippen LogP contribution in [0.4, 0.5) is 0 Å². The molecule has 0 spiro atoms. The van der Waals surface area contributed by atoms with Crippen LogP contribution in [0.5, 0.6) is 0 Å². The van der Waals surface area contributed by atoms with Gasteiger partial charge in [0.25, 0.3) is 0 Å². The second-order valence-corrected chi connectivity index (χ2v) is 24.1. The Hall–Kier alpha value is -5.74. The fraction of sp³-hybridized carbons (Fsp3) is 0.200.